The molecule has 2 aromatic rings. The van der Waals surface area contributed by atoms with Crippen molar-refractivity contribution in [1.82, 2.24) is 4.90 Å². The van der Waals surface area contributed by atoms with Gasteiger partial charge in [-0.2, -0.15) is 0 Å². The number of carbonyl (C=O) groups is 1. The van der Waals surface area contributed by atoms with Crippen molar-refractivity contribution in [3.05, 3.63) is 63.6 Å². The summed E-state index contributed by atoms with van der Waals surface area (Å²) in [5.74, 6) is -0.323. The Labute approximate surface area is 157 Å². The number of nitrogens with zero attached hydrogens (tertiary/aromatic N) is 1. The molecule has 1 aliphatic heterocycles. The number of hydrogen-bond acceptors (Lipinski definition) is 3. The van der Waals surface area contributed by atoms with E-state index in [-0.39, 0.29) is 18.8 Å². The normalized spacial score (nSPS) is 17.3. The minimum atomic E-state index is -4.74. The maximum atomic E-state index is 12.2. The topological polar surface area (TPSA) is 38.8 Å². The van der Waals surface area contributed by atoms with Gasteiger partial charge in [-0.1, -0.05) is 35.3 Å². The summed E-state index contributed by atoms with van der Waals surface area (Å²) in [6, 6.07) is 10.2. The molecule has 0 aliphatic carbocycles. The van der Waals surface area contributed by atoms with Crippen molar-refractivity contribution in [2.75, 3.05) is 6.54 Å². The lowest BCUT2D eigenvalue weighted by Gasteiger charge is -2.14. The molecule has 3 rings (SSSR count). The van der Waals surface area contributed by atoms with Gasteiger partial charge < -0.3 is 9.47 Å². The van der Waals surface area contributed by atoms with Crippen LogP contribution in [0.1, 0.15) is 17.2 Å². The number of cyclic esters (lactones) is 1. The Hall–Kier alpha value is -2.12. The number of benzene rings is 2. The summed E-state index contributed by atoms with van der Waals surface area (Å²) in [5, 5.41) is 0.865. The summed E-state index contributed by atoms with van der Waals surface area (Å²) in [4.78, 5) is 13.5. The quantitative estimate of drug-likeness (QED) is 0.665. The molecule has 1 aliphatic rings. The highest BCUT2D eigenvalue weighted by Crippen LogP contribution is 2.31. The Kier molecular flexibility index (Phi) is 5.20. The van der Waals surface area contributed by atoms with Crippen molar-refractivity contribution >= 4 is 29.3 Å². The van der Waals surface area contributed by atoms with E-state index in [2.05, 4.69) is 4.74 Å². The maximum Gasteiger partial charge on any atom is 0.573 e. The van der Waals surface area contributed by atoms with E-state index < -0.39 is 18.6 Å². The number of alkyl halides is 3. The summed E-state index contributed by atoms with van der Waals surface area (Å²) < 4.78 is 45.7. The molecule has 4 nitrogen and oxygen atoms in total. The summed E-state index contributed by atoms with van der Waals surface area (Å²) in [6.07, 6.45) is -5.79. The molecule has 2 aromatic carbocycles. The van der Waals surface area contributed by atoms with Crippen LogP contribution in [-0.4, -0.2) is 23.9 Å². The molecule has 1 saturated heterocycles. The van der Waals surface area contributed by atoms with E-state index in [1.807, 2.05) is 0 Å². The maximum absolute atomic E-state index is 12.2. The van der Waals surface area contributed by atoms with E-state index >= 15 is 0 Å². The first-order chi connectivity index (χ1) is 12.2. The van der Waals surface area contributed by atoms with Crippen LogP contribution in [0, 0.1) is 0 Å². The van der Waals surface area contributed by atoms with Gasteiger partial charge in [0.1, 0.15) is 11.9 Å². The molecular formula is C17H12Cl2F3NO3. The van der Waals surface area contributed by atoms with E-state index in [4.69, 9.17) is 27.9 Å². The van der Waals surface area contributed by atoms with Gasteiger partial charge in [-0.25, -0.2) is 4.79 Å². The molecule has 1 fully saturated rings. The molecular weight excluding hydrogens is 394 g/mol. The number of halogens is 5. The molecule has 0 saturated carbocycles. The first-order valence-corrected chi connectivity index (χ1v) is 8.21. The highest BCUT2D eigenvalue weighted by Gasteiger charge is 2.33. The molecule has 26 heavy (non-hydrogen) atoms. The van der Waals surface area contributed by atoms with E-state index in [0.717, 1.165) is 0 Å². The van der Waals surface area contributed by atoms with Crippen LogP contribution < -0.4 is 4.74 Å². The second-order valence-corrected chi connectivity index (χ2v) is 6.52. The predicted octanol–water partition coefficient (Wildman–Crippen LogP) is 5.59. The van der Waals surface area contributed by atoms with Crippen molar-refractivity contribution in [2.45, 2.75) is 19.0 Å². The van der Waals surface area contributed by atoms with Crippen LogP contribution in [0.4, 0.5) is 18.0 Å². The smallest absolute Gasteiger partial charge is 0.439 e. The van der Waals surface area contributed by atoms with Crippen molar-refractivity contribution < 1.29 is 27.4 Å². The zero-order valence-corrected chi connectivity index (χ0v) is 14.6. The van der Waals surface area contributed by atoms with Crippen LogP contribution >= 0.6 is 23.2 Å². The van der Waals surface area contributed by atoms with Crippen LogP contribution in [0.2, 0.25) is 10.0 Å². The third-order valence-corrected chi connectivity index (χ3v) is 4.11. The van der Waals surface area contributed by atoms with Gasteiger partial charge in [-0.05, 0) is 41.5 Å². The van der Waals surface area contributed by atoms with E-state index in [1.165, 1.54) is 29.2 Å². The predicted molar refractivity (Wildman–Crippen MR) is 89.2 cm³/mol. The molecule has 1 amide bonds. The van der Waals surface area contributed by atoms with Gasteiger partial charge >= 0.3 is 12.5 Å². The number of ether oxygens (including phenoxy) is 2. The minimum absolute atomic E-state index is 0.190. The third-order valence-electron chi connectivity index (χ3n) is 3.67. The highest BCUT2D eigenvalue weighted by atomic mass is 35.5. The van der Waals surface area contributed by atoms with Crippen LogP contribution in [-0.2, 0) is 11.3 Å². The monoisotopic (exact) mass is 405 g/mol. The van der Waals surface area contributed by atoms with Gasteiger partial charge in [-0.3, -0.25) is 4.90 Å². The molecule has 1 heterocycles. The van der Waals surface area contributed by atoms with E-state index in [0.29, 0.717) is 21.2 Å². The summed E-state index contributed by atoms with van der Waals surface area (Å²) in [5.41, 5.74) is 1.31. The fourth-order valence-electron chi connectivity index (χ4n) is 2.59. The van der Waals surface area contributed by atoms with Crippen molar-refractivity contribution in [1.29, 1.82) is 0 Å². The molecule has 1 unspecified atom stereocenters. The van der Waals surface area contributed by atoms with Crippen molar-refractivity contribution in [3.8, 4) is 5.75 Å². The lowest BCUT2D eigenvalue weighted by atomic mass is 10.1. The lowest BCUT2D eigenvalue weighted by molar-refractivity contribution is -0.274. The molecule has 0 aromatic heterocycles. The van der Waals surface area contributed by atoms with Gasteiger partial charge in [0.25, 0.3) is 0 Å². The van der Waals surface area contributed by atoms with Gasteiger partial charge in [0.15, 0.2) is 0 Å². The first kappa shape index (κ1) is 18.7. The highest BCUT2D eigenvalue weighted by molar-refractivity contribution is 6.34. The average Bonchev–Trinajstić information content (AvgIpc) is 2.88. The largest absolute Gasteiger partial charge is 0.573 e. The molecule has 0 N–H and O–H groups in total. The standard InChI is InChI=1S/C17H12Cl2F3NO3/c18-12-5-11(6-13(19)7-12)15-9-23(16(24)25-15)8-10-1-3-14(4-2-10)26-17(20,21)22/h1-7,15H,8-9H2. The van der Waals surface area contributed by atoms with E-state index in [9.17, 15) is 18.0 Å². The van der Waals surface area contributed by atoms with Gasteiger partial charge in [0.2, 0.25) is 0 Å². The number of carbonyl (C=O) groups excluding carboxylic acids is 1. The first-order valence-electron chi connectivity index (χ1n) is 7.46. The fraction of sp³-hybridized carbons (Fsp3) is 0.235. The Bertz CT molecular complexity index is 792. The van der Waals surface area contributed by atoms with Gasteiger partial charge in [0, 0.05) is 16.6 Å². The Morgan fingerprint density at radius 3 is 2.31 bits per heavy atom. The Morgan fingerprint density at radius 1 is 1.12 bits per heavy atom. The molecule has 1 atom stereocenters. The minimum Gasteiger partial charge on any atom is -0.439 e. The molecule has 9 heteroatoms. The van der Waals surface area contributed by atoms with E-state index in [1.54, 1.807) is 18.2 Å². The summed E-state index contributed by atoms with van der Waals surface area (Å²) in [6.45, 7) is 0.465. The van der Waals surface area contributed by atoms with Crippen LogP contribution in [0.25, 0.3) is 0 Å². The number of amides is 1. The lowest BCUT2D eigenvalue weighted by Crippen LogP contribution is -2.23. The molecule has 0 spiro atoms. The Morgan fingerprint density at radius 2 is 1.73 bits per heavy atom. The zero-order chi connectivity index (χ0) is 18.9. The SMILES string of the molecule is O=C1OC(c2cc(Cl)cc(Cl)c2)CN1Cc1ccc(OC(F)(F)F)cc1. The third kappa shape index (κ3) is 4.74. The average molecular weight is 406 g/mol. The van der Waals surface area contributed by atoms with Crippen molar-refractivity contribution in [3.63, 3.8) is 0 Å². The number of hydrogen-bond donors (Lipinski definition) is 0. The van der Waals surface area contributed by atoms with Crippen LogP contribution in [0.3, 0.4) is 0 Å². The zero-order valence-electron chi connectivity index (χ0n) is 13.1. The van der Waals surface area contributed by atoms with Crippen LogP contribution in [0.15, 0.2) is 42.5 Å². The Balaban J connectivity index is 1.66. The molecule has 138 valence electrons. The second kappa shape index (κ2) is 7.25. The molecule has 0 bridgehead atoms. The van der Waals surface area contributed by atoms with Crippen LogP contribution in [0.5, 0.6) is 5.75 Å². The van der Waals surface area contributed by atoms with Crippen molar-refractivity contribution in [2.24, 2.45) is 0 Å². The summed E-state index contributed by atoms with van der Waals surface area (Å²) >= 11 is 11.9. The van der Waals surface area contributed by atoms with Gasteiger partial charge in [0.05, 0.1) is 6.54 Å². The van der Waals surface area contributed by atoms with Gasteiger partial charge in [-0.15, -0.1) is 13.2 Å². The fourth-order valence-corrected chi connectivity index (χ4v) is 3.13. The summed E-state index contributed by atoms with van der Waals surface area (Å²) in [7, 11) is 0. The number of rotatable bonds is 4. The molecule has 0 radical (unpaired) electrons. The second-order valence-electron chi connectivity index (χ2n) is 5.65.